The number of thiophene rings is 1. The number of fused-ring (bicyclic) bond motifs is 1. The summed E-state index contributed by atoms with van der Waals surface area (Å²) >= 11 is 1.26. The van der Waals surface area contributed by atoms with Crippen molar-refractivity contribution in [2.24, 2.45) is 0 Å². The van der Waals surface area contributed by atoms with Gasteiger partial charge in [-0.3, -0.25) is 14.2 Å². The largest absolute Gasteiger partial charge is 0.497 e. The van der Waals surface area contributed by atoms with Gasteiger partial charge in [-0.25, -0.2) is 4.98 Å². The monoisotopic (exact) mass is 397 g/mol. The highest BCUT2D eigenvalue weighted by atomic mass is 32.1. The van der Waals surface area contributed by atoms with E-state index in [-0.39, 0.29) is 17.5 Å². The van der Waals surface area contributed by atoms with E-state index in [0.717, 1.165) is 25.7 Å². The van der Waals surface area contributed by atoms with Crippen molar-refractivity contribution >= 4 is 33.1 Å². The molecule has 0 atom stereocenters. The van der Waals surface area contributed by atoms with Crippen molar-refractivity contribution in [3.63, 3.8) is 0 Å². The molecule has 2 aromatic heterocycles. The number of nitrogens with zero attached hydrogens (tertiary/aromatic N) is 2. The molecule has 28 heavy (non-hydrogen) atoms. The molecule has 1 aromatic carbocycles. The molecule has 6 nitrogen and oxygen atoms in total. The van der Waals surface area contributed by atoms with Gasteiger partial charge in [-0.2, -0.15) is 0 Å². The van der Waals surface area contributed by atoms with Gasteiger partial charge in [0.25, 0.3) is 11.5 Å². The van der Waals surface area contributed by atoms with Crippen molar-refractivity contribution in [1.29, 1.82) is 0 Å². The van der Waals surface area contributed by atoms with E-state index in [4.69, 9.17) is 4.74 Å². The highest BCUT2D eigenvalue weighted by Crippen LogP contribution is 2.31. The van der Waals surface area contributed by atoms with Gasteiger partial charge in [-0.05, 0) is 37.5 Å². The normalized spacial score (nSPS) is 14.9. The molecular formula is C21H23N3O3S. The number of nitrogens with one attached hydrogen (secondary N) is 1. The Bertz CT molecular complexity index is 1080. The van der Waals surface area contributed by atoms with Gasteiger partial charge in [0.15, 0.2) is 0 Å². The van der Waals surface area contributed by atoms with Gasteiger partial charge in [0, 0.05) is 17.8 Å². The quantitative estimate of drug-likeness (QED) is 0.702. The smallest absolute Gasteiger partial charge is 0.266 e. The van der Waals surface area contributed by atoms with Crippen LogP contribution in [0.5, 0.6) is 5.75 Å². The predicted molar refractivity (Wildman–Crippen MR) is 112 cm³/mol. The lowest BCUT2D eigenvalue weighted by Crippen LogP contribution is -2.26. The molecule has 0 unspecified atom stereocenters. The molecule has 3 aromatic rings. The molecule has 1 fully saturated rings. The molecule has 4 rings (SSSR count). The van der Waals surface area contributed by atoms with Crippen LogP contribution in [0, 0.1) is 6.92 Å². The lowest BCUT2D eigenvalue weighted by Gasteiger charge is -2.23. The van der Waals surface area contributed by atoms with E-state index in [1.807, 2.05) is 19.1 Å². The Balaban J connectivity index is 1.68. The summed E-state index contributed by atoms with van der Waals surface area (Å²) in [5.74, 6) is 0.431. The van der Waals surface area contributed by atoms with Gasteiger partial charge < -0.3 is 10.1 Å². The second-order valence-electron chi connectivity index (χ2n) is 7.17. The molecule has 1 N–H and O–H groups in total. The molecule has 1 amide bonds. The Labute approximate surface area is 167 Å². The van der Waals surface area contributed by atoms with E-state index in [1.165, 1.54) is 17.8 Å². The third-order valence-electron chi connectivity index (χ3n) is 5.38. The number of anilines is 1. The third kappa shape index (κ3) is 3.42. The number of aryl methyl sites for hydroxylation is 1. The molecule has 0 saturated heterocycles. The van der Waals surface area contributed by atoms with Crippen LogP contribution in [0.4, 0.5) is 5.69 Å². The van der Waals surface area contributed by atoms with Crippen molar-refractivity contribution in [2.75, 3.05) is 12.4 Å². The number of hydrogen-bond acceptors (Lipinski definition) is 5. The van der Waals surface area contributed by atoms with Gasteiger partial charge in [-0.1, -0.05) is 25.3 Å². The van der Waals surface area contributed by atoms with Crippen LogP contribution in [0.2, 0.25) is 0 Å². The minimum atomic E-state index is -0.239. The van der Waals surface area contributed by atoms with E-state index >= 15 is 0 Å². The number of benzene rings is 1. The fraction of sp³-hybridized carbons (Fsp3) is 0.381. The maximum atomic E-state index is 13.1. The second kappa shape index (κ2) is 7.75. The first kappa shape index (κ1) is 18.7. The van der Waals surface area contributed by atoms with Crippen LogP contribution in [0.3, 0.4) is 0 Å². The Morgan fingerprint density at radius 2 is 2.07 bits per heavy atom. The summed E-state index contributed by atoms with van der Waals surface area (Å²) in [6.07, 6.45) is 7.20. The van der Waals surface area contributed by atoms with Crippen LogP contribution in [-0.2, 0) is 0 Å². The number of carbonyl (C=O) groups is 1. The van der Waals surface area contributed by atoms with E-state index in [1.54, 1.807) is 30.1 Å². The Morgan fingerprint density at radius 1 is 1.29 bits per heavy atom. The third-order valence-corrected chi connectivity index (χ3v) is 6.58. The van der Waals surface area contributed by atoms with E-state index in [9.17, 15) is 9.59 Å². The van der Waals surface area contributed by atoms with Crippen LogP contribution in [-0.4, -0.2) is 22.6 Å². The van der Waals surface area contributed by atoms with Gasteiger partial charge in [0.05, 0.1) is 23.7 Å². The number of aromatic nitrogens is 2. The summed E-state index contributed by atoms with van der Waals surface area (Å²) in [6, 6.07) is 7.41. The maximum absolute atomic E-state index is 13.1. The molecule has 146 valence electrons. The molecule has 1 aliphatic carbocycles. The zero-order chi connectivity index (χ0) is 19.7. The van der Waals surface area contributed by atoms with Gasteiger partial charge >= 0.3 is 0 Å². The van der Waals surface area contributed by atoms with Crippen molar-refractivity contribution in [2.45, 2.75) is 45.1 Å². The van der Waals surface area contributed by atoms with E-state index in [0.29, 0.717) is 32.1 Å². The fourth-order valence-corrected chi connectivity index (χ4v) is 4.90. The molecular weight excluding hydrogens is 374 g/mol. The molecule has 0 spiro atoms. The average molecular weight is 398 g/mol. The first-order valence-corrected chi connectivity index (χ1v) is 10.4. The van der Waals surface area contributed by atoms with Crippen LogP contribution in [0.15, 0.2) is 35.4 Å². The Hall–Kier alpha value is -2.67. The van der Waals surface area contributed by atoms with Crippen LogP contribution in [0.1, 0.15) is 53.4 Å². The first-order chi connectivity index (χ1) is 13.6. The molecule has 0 aliphatic heterocycles. The maximum Gasteiger partial charge on any atom is 0.266 e. The zero-order valence-electron chi connectivity index (χ0n) is 16.0. The van der Waals surface area contributed by atoms with Gasteiger partial charge in [0.1, 0.15) is 10.6 Å². The second-order valence-corrected chi connectivity index (χ2v) is 8.17. The summed E-state index contributed by atoms with van der Waals surface area (Å²) in [5, 5.41) is 3.45. The predicted octanol–water partition coefficient (Wildman–Crippen LogP) is 4.53. The summed E-state index contributed by atoms with van der Waals surface area (Å²) in [4.78, 5) is 31.6. The van der Waals surface area contributed by atoms with Crippen molar-refractivity contribution in [3.8, 4) is 5.75 Å². The lowest BCUT2D eigenvalue weighted by atomic mass is 9.95. The molecule has 2 heterocycles. The SMILES string of the molecule is COc1cccc(NC(=O)c2sc3ncn(C4CCCCC4)c(=O)c3c2C)c1. The van der Waals surface area contributed by atoms with Crippen molar-refractivity contribution in [1.82, 2.24) is 9.55 Å². The van der Waals surface area contributed by atoms with Crippen LogP contribution in [0.25, 0.3) is 10.2 Å². The van der Waals surface area contributed by atoms with Crippen LogP contribution >= 0.6 is 11.3 Å². The van der Waals surface area contributed by atoms with Gasteiger partial charge in [-0.15, -0.1) is 11.3 Å². The highest BCUT2D eigenvalue weighted by molar-refractivity contribution is 7.20. The number of rotatable bonds is 4. The fourth-order valence-electron chi connectivity index (χ4n) is 3.86. The molecule has 1 saturated carbocycles. The van der Waals surface area contributed by atoms with Crippen LogP contribution < -0.4 is 15.6 Å². The molecule has 7 heteroatoms. The summed E-state index contributed by atoms with van der Waals surface area (Å²) < 4.78 is 6.97. The summed E-state index contributed by atoms with van der Waals surface area (Å²) in [7, 11) is 1.58. The molecule has 0 bridgehead atoms. The van der Waals surface area contributed by atoms with Crippen molar-refractivity contribution in [3.05, 3.63) is 51.4 Å². The topological polar surface area (TPSA) is 73.2 Å². The zero-order valence-corrected chi connectivity index (χ0v) is 16.8. The lowest BCUT2D eigenvalue weighted by molar-refractivity contribution is 0.103. The average Bonchev–Trinajstić information content (AvgIpc) is 3.06. The first-order valence-electron chi connectivity index (χ1n) is 9.54. The Kier molecular flexibility index (Phi) is 5.17. The standard InChI is InChI=1S/C21H23N3O3S/c1-13-17-20(22-12-24(21(17)26)15-8-4-3-5-9-15)28-18(13)19(25)23-14-7-6-10-16(11-14)27-2/h6-7,10-12,15H,3-5,8-9H2,1-2H3,(H,23,25). The minimum absolute atomic E-state index is 0.0360. The van der Waals surface area contributed by atoms with Crippen molar-refractivity contribution < 1.29 is 9.53 Å². The highest BCUT2D eigenvalue weighted by Gasteiger charge is 2.22. The number of amides is 1. The number of ether oxygens (including phenoxy) is 1. The minimum Gasteiger partial charge on any atom is -0.497 e. The molecule has 0 radical (unpaired) electrons. The number of carbonyl (C=O) groups excluding carboxylic acids is 1. The summed E-state index contributed by atoms with van der Waals surface area (Å²) in [5.41, 5.74) is 1.31. The van der Waals surface area contributed by atoms with E-state index in [2.05, 4.69) is 10.3 Å². The summed E-state index contributed by atoms with van der Waals surface area (Å²) in [6.45, 7) is 1.83. The number of hydrogen-bond donors (Lipinski definition) is 1. The Morgan fingerprint density at radius 3 is 2.82 bits per heavy atom. The van der Waals surface area contributed by atoms with Gasteiger partial charge in [0.2, 0.25) is 0 Å². The molecule has 1 aliphatic rings. The van der Waals surface area contributed by atoms with E-state index < -0.39 is 0 Å². The number of methoxy groups -OCH3 is 1.